The van der Waals surface area contributed by atoms with Crippen LogP contribution < -0.4 is 0 Å². The van der Waals surface area contributed by atoms with E-state index in [9.17, 15) is 18.3 Å². The lowest BCUT2D eigenvalue weighted by Gasteiger charge is -2.28. The second-order valence-corrected chi connectivity index (χ2v) is 4.79. The first-order chi connectivity index (χ1) is 9.46. The van der Waals surface area contributed by atoms with Crippen LogP contribution >= 0.6 is 0 Å². The third kappa shape index (κ3) is 2.85. The van der Waals surface area contributed by atoms with Crippen molar-refractivity contribution in [2.24, 2.45) is 0 Å². The first-order valence-electron chi connectivity index (χ1n) is 6.37. The summed E-state index contributed by atoms with van der Waals surface area (Å²) in [5.74, 6) is -2.41. The summed E-state index contributed by atoms with van der Waals surface area (Å²) in [7, 11) is 0. The van der Waals surface area contributed by atoms with E-state index in [1.807, 2.05) is 0 Å². The Kier molecular flexibility index (Phi) is 4.14. The zero-order chi connectivity index (χ0) is 14.8. The highest BCUT2D eigenvalue weighted by Crippen LogP contribution is 2.30. The van der Waals surface area contributed by atoms with Crippen LogP contribution in [0.3, 0.4) is 0 Å². The van der Waals surface area contributed by atoms with Gasteiger partial charge in [-0.1, -0.05) is 31.2 Å². The van der Waals surface area contributed by atoms with E-state index in [1.54, 1.807) is 13.0 Å². The van der Waals surface area contributed by atoms with Crippen LogP contribution in [0.1, 0.15) is 24.5 Å². The van der Waals surface area contributed by atoms with Gasteiger partial charge in [0, 0.05) is 6.42 Å². The molecule has 0 saturated carbocycles. The minimum absolute atomic E-state index is 0.0682. The summed E-state index contributed by atoms with van der Waals surface area (Å²) >= 11 is 0. The van der Waals surface area contributed by atoms with Crippen molar-refractivity contribution in [1.82, 2.24) is 0 Å². The molecule has 0 saturated heterocycles. The molecule has 0 aliphatic rings. The van der Waals surface area contributed by atoms with Gasteiger partial charge in [0.25, 0.3) is 0 Å². The molecule has 0 heterocycles. The summed E-state index contributed by atoms with van der Waals surface area (Å²) in [6.07, 6.45) is 0.142. The molecule has 0 aromatic heterocycles. The molecule has 0 fully saturated rings. The van der Waals surface area contributed by atoms with Crippen molar-refractivity contribution < 1.29 is 18.3 Å². The van der Waals surface area contributed by atoms with E-state index < -0.39 is 23.1 Å². The van der Waals surface area contributed by atoms with Gasteiger partial charge in [0.15, 0.2) is 11.6 Å². The molecule has 1 unspecified atom stereocenters. The minimum atomic E-state index is -1.43. The van der Waals surface area contributed by atoms with Gasteiger partial charge in [-0.05, 0) is 35.7 Å². The number of halogens is 3. The Hall–Kier alpha value is -1.81. The van der Waals surface area contributed by atoms with Crippen molar-refractivity contribution in [2.75, 3.05) is 0 Å². The predicted octanol–water partition coefficient (Wildman–Crippen LogP) is 3.94. The Morgan fingerprint density at radius 1 is 1.05 bits per heavy atom. The maximum atomic E-state index is 13.7. The molecule has 0 spiro atoms. The minimum Gasteiger partial charge on any atom is -0.385 e. The second kappa shape index (κ2) is 5.67. The van der Waals surface area contributed by atoms with Gasteiger partial charge in [-0.2, -0.15) is 0 Å². The first kappa shape index (κ1) is 14.6. The topological polar surface area (TPSA) is 20.2 Å². The maximum Gasteiger partial charge on any atom is 0.162 e. The van der Waals surface area contributed by atoms with Crippen molar-refractivity contribution >= 4 is 0 Å². The lowest BCUT2D eigenvalue weighted by atomic mass is 9.85. The zero-order valence-electron chi connectivity index (χ0n) is 11.0. The van der Waals surface area contributed by atoms with Gasteiger partial charge in [0.05, 0.1) is 5.60 Å². The fourth-order valence-corrected chi connectivity index (χ4v) is 2.21. The Balaban J connectivity index is 2.39. The largest absolute Gasteiger partial charge is 0.385 e. The molecule has 1 N–H and O–H groups in total. The van der Waals surface area contributed by atoms with Gasteiger partial charge in [-0.3, -0.25) is 0 Å². The van der Waals surface area contributed by atoms with Crippen molar-refractivity contribution in [2.45, 2.75) is 25.4 Å². The predicted molar refractivity (Wildman–Crippen MR) is 70.6 cm³/mol. The molecule has 0 radical (unpaired) electrons. The highest BCUT2D eigenvalue weighted by atomic mass is 19.2. The van der Waals surface area contributed by atoms with E-state index in [2.05, 4.69) is 0 Å². The SMILES string of the molecule is CCC(O)(Cc1cccc(F)c1F)c1cccc(F)c1. The van der Waals surface area contributed by atoms with Gasteiger partial charge in [-0.15, -0.1) is 0 Å². The molecule has 2 aromatic carbocycles. The fraction of sp³-hybridized carbons (Fsp3) is 0.250. The molecule has 0 aliphatic carbocycles. The van der Waals surface area contributed by atoms with Gasteiger partial charge in [-0.25, -0.2) is 13.2 Å². The number of benzene rings is 2. The molecule has 1 atom stereocenters. The summed E-state index contributed by atoms with van der Waals surface area (Å²) in [6, 6.07) is 9.35. The van der Waals surface area contributed by atoms with E-state index in [-0.39, 0.29) is 18.4 Å². The van der Waals surface area contributed by atoms with E-state index >= 15 is 0 Å². The first-order valence-corrected chi connectivity index (χ1v) is 6.37. The molecule has 106 valence electrons. The summed E-state index contributed by atoms with van der Waals surface area (Å²) in [6.45, 7) is 1.71. The molecule has 20 heavy (non-hydrogen) atoms. The Bertz CT molecular complexity index is 612. The average molecular weight is 280 g/mol. The summed E-state index contributed by atoms with van der Waals surface area (Å²) in [4.78, 5) is 0. The van der Waals surface area contributed by atoms with Gasteiger partial charge in [0.2, 0.25) is 0 Å². The highest BCUT2D eigenvalue weighted by Gasteiger charge is 2.29. The van der Waals surface area contributed by atoms with Crippen LogP contribution in [-0.2, 0) is 12.0 Å². The molecule has 2 aromatic rings. The lowest BCUT2D eigenvalue weighted by Crippen LogP contribution is -2.28. The van der Waals surface area contributed by atoms with Crippen LogP contribution in [0, 0.1) is 17.5 Å². The smallest absolute Gasteiger partial charge is 0.162 e. The Morgan fingerprint density at radius 2 is 1.75 bits per heavy atom. The molecule has 4 heteroatoms. The van der Waals surface area contributed by atoms with E-state index in [4.69, 9.17) is 0 Å². The monoisotopic (exact) mass is 280 g/mol. The van der Waals surface area contributed by atoms with Gasteiger partial charge < -0.3 is 5.11 Å². The highest BCUT2D eigenvalue weighted by molar-refractivity contribution is 5.28. The lowest BCUT2D eigenvalue weighted by molar-refractivity contribution is 0.0314. The molecular formula is C16H15F3O. The summed E-state index contributed by atoms with van der Waals surface area (Å²) in [5, 5.41) is 10.6. The molecule has 0 aliphatic heterocycles. The molecule has 2 rings (SSSR count). The Labute approximate surface area is 115 Å². The van der Waals surface area contributed by atoms with Crippen LogP contribution in [0.4, 0.5) is 13.2 Å². The second-order valence-electron chi connectivity index (χ2n) is 4.79. The van der Waals surface area contributed by atoms with Crippen LogP contribution in [-0.4, -0.2) is 5.11 Å². The number of hydrogen-bond acceptors (Lipinski definition) is 1. The quantitative estimate of drug-likeness (QED) is 0.899. The normalized spacial score (nSPS) is 14.1. The van der Waals surface area contributed by atoms with E-state index in [0.717, 1.165) is 6.07 Å². The van der Waals surface area contributed by atoms with Crippen molar-refractivity contribution in [3.63, 3.8) is 0 Å². The summed E-state index contributed by atoms with van der Waals surface area (Å²) in [5.41, 5.74) is -1.02. The zero-order valence-corrected chi connectivity index (χ0v) is 11.0. The summed E-state index contributed by atoms with van der Waals surface area (Å²) < 4.78 is 40.2. The van der Waals surface area contributed by atoms with E-state index in [0.29, 0.717) is 5.56 Å². The van der Waals surface area contributed by atoms with Crippen molar-refractivity contribution in [3.05, 3.63) is 71.0 Å². The maximum absolute atomic E-state index is 13.7. The molecule has 0 amide bonds. The third-order valence-corrected chi connectivity index (χ3v) is 3.46. The number of hydrogen-bond donors (Lipinski definition) is 1. The molecule has 0 bridgehead atoms. The van der Waals surface area contributed by atoms with Crippen LogP contribution in [0.25, 0.3) is 0 Å². The number of rotatable bonds is 4. The molecular weight excluding hydrogens is 265 g/mol. The van der Waals surface area contributed by atoms with Gasteiger partial charge >= 0.3 is 0 Å². The standard InChI is InChI=1S/C16H15F3O/c1-2-16(20,12-6-4-7-13(17)9-12)10-11-5-3-8-14(18)15(11)19/h3-9,20H,2,10H2,1H3. The Morgan fingerprint density at radius 3 is 2.40 bits per heavy atom. The average Bonchev–Trinajstić information content (AvgIpc) is 2.44. The van der Waals surface area contributed by atoms with Crippen LogP contribution in [0.15, 0.2) is 42.5 Å². The van der Waals surface area contributed by atoms with Crippen LogP contribution in [0.5, 0.6) is 0 Å². The van der Waals surface area contributed by atoms with Crippen molar-refractivity contribution in [1.29, 1.82) is 0 Å². The third-order valence-electron chi connectivity index (χ3n) is 3.46. The number of aliphatic hydroxyl groups is 1. The fourth-order valence-electron chi connectivity index (χ4n) is 2.21. The van der Waals surface area contributed by atoms with Crippen molar-refractivity contribution in [3.8, 4) is 0 Å². The van der Waals surface area contributed by atoms with E-state index in [1.165, 1.54) is 30.3 Å². The molecule has 1 nitrogen and oxygen atoms in total. The van der Waals surface area contributed by atoms with Gasteiger partial charge in [0.1, 0.15) is 5.82 Å². The van der Waals surface area contributed by atoms with Crippen LogP contribution in [0.2, 0.25) is 0 Å².